The van der Waals surface area contributed by atoms with Gasteiger partial charge in [0.25, 0.3) is 0 Å². The van der Waals surface area contributed by atoms with E-state index in [2.05, 4.69) is 61.6 Å². The molecule has 3 rings (SSSR count). The van der Waals surface area contributed by atoms with E-state index >= 15 is 0 Å². The largest absolute Gasteiger partial charge is 0.481 e. The van der Waals surface area contributed by atoms with Gasteiger partial charge in [0.15, 0.2) is 63.1 Å². The predicted molar refractivity (Wildman–Crippen MR) is 262 cm³/mol. The number of aliphatic carboxylic acids is 2. The summed E-state index contributed by atoms with van der Waals surface area (Å²) in [5, 5.41) is 41.3. The molecule has 38 nitrogen and oxygen atoms in total. The Morgan fingerprint density at radius 3 is 0.919 bits per heavy atom. The summed E-state index contributed by atoms with van der Waals surface area (Å²) in [6.07, 6.45) is -8.03. The molecule has 0 aromatic carbocycles. The first kappa shape index (κ1) is 80.8. The summed E-state index contributed by atoms with van der Waals surface area (Å²) in [6.45, 7) is 4.34. The molecule has 3 fully saturated rings. The van der Waals surface area contributed by atoms with Gasteiger partial charge in [-0.3, -0.25) is 28.8 Å². The van der Waals surface area contributed by atoms with E-state index < -0.39 is 209 Å². The van der Waals surface area contributed by atoms with Crippen molar-refractivity contribution in [3.05, 3.63) is 0 Å². The first-order valence-electron chi connectivity index (χ1n) is 24.7. The number of carbonyl (C=O) groups is 18. The van der Waals surface area contributed by atoms with Crippen LogP contribution < -0.4 is 0 Å². The Bertz CT molecular complexity index is 2150. The molecule has 38 heteroatoms. The van der Waals surface area contributed by atoms with Gasteiger partial charge in [-0.2, -0.15) is 0 Å². The molecule has 3 aliphatic rings. The van der Waals surface area contributed by atoms with Gasteiger partial charge in [-0.25, -0.2) is 57.5 Å². The van der Waals surface area contributed by atoms with Crippen molar-refractivity contribution in [3.8, 4) is 0 Å². The van der Waals surface area contributed by atoms with Crippen molar-refractivity contribution in [3.63, 3.8) is 0 Å². The highest BCUT2D eigenvalue weighted by molar-refractivity contribution is 5.92. The van der Waals surface area contributed by atoms with Crippen molar-refractivity contribution >= 4 is 107 Å². The molecule has 0 saturated carbocycles. The molecule has 3 aliphatic heterocycles. The lowest BCUT2D eigenvalue weighted by atomic mass is 10.3. The Morgan fingerprint density at radius 2 is 0.698 bits per heavy atom. The fraction of sp³-hybridized carbons (Fsp3) is 0.625. The van der Waals surface area contributed by atoms with E-state index in [1.807, 2.05) is 0 Å². The minimum atomic E-state index is -1.40. The van der Waals surface area contributed by atoms with E-state index in [0.29, 0.717) is 0 Å². The van der Waals surface area contributed by atoms with Gasteiger partial charge in [-0.1, -0.05) is 0 Å². The second-order valence-electron chi connectivity index (χ2n) is 15.8. The molecule has 0 aliphatic carbocycles. The fourth-order valence-electron chi connectivity index (χ4n) is 4.43. The topological polar surface area (TPSA) is 547 Å². The first-order chi connectivity index (χ1) is 40.2. The zero-order valence-corrected chi connectivity index (χ0v) is 47.2. The second kappa shape index (κ2) is 47.0. The summed E-state index contributed by atoms with van der Waals surface area (Å²) in [5.41, 5.74) is 0. The smallest absolute Gasteiger partial charge is 0.347 e. The molecule has 5 N–H and O–H groups in total. The zero-order chi connectivity index (χ0) is 66.5. The number of aliphatic hydroxyl groups is 3. The van der Waals surface area contributed by atoms with Crippen LogP contribution >= 0.6 is 0 Å². The molecule has 0 bridgehead atoms. The molecule has 0 aromatic heterocycles. The van der Waals surface area contributed by atoms with Crippen LogP contribution in [0.1, 0.15) is 87.0 Å². The van der Waals surface area contributed by atoms with Crippen LogP contribution in [0.5, 0.6) is 0 Å². The molecular formula is C48H66O38. The predicted octanol–water partition coefficient (Wildman–Crippen LogP) is -4.53. The van der Waals surface area contributed by atoms with Crippen LogP contribution in [0.15, 0.2) is 0 Å². The van der Waals surface area contributed by atoms with Gasteiger partial charge in [0.2, 0.25) is 0 Å². The van der Waals surface area contributed by atoms with Gasteiger partial charge in [-0.05, 0) is 48.5 Å². The van der Waals surface area contributed by atoms with Crippen LogP contribution in [-0.4, -0.2) is 242 Å². The van der Waals surface area contributed by atoms with E-state index in [1.54, 1.807) is 6.92 Å². The lowest BCUT2D eigenvalue weighted by Gasteiger charge is -2.22. The number of aliphatic hydroxyl groups excluding tert-OH is 3. The SMILES string of the molecule is CC(OC(=O)CO)C(=O)OCCOC(=O)C(C)OC(=O)CO.CC(OC(=O)COC(=O)CCC(=O)O)C(=O)OCCOC(=O)C(C)OC(=O)COC(=O)CCC(=O)O.CC1OC(=O)C(C)OC1=O.CCO.O=C1CCC(=O)O1.O=C1COC(=O)CO1. The normalized spacial score (nSPS) is 15.7. The van der Waals surface area contributed by atoms with Crippen molar-refractivity contribution in [1.82, 2.24) is 0 Å². The number of carbonyl (C=O) groups excluding carboxylic acids is 16. The van der Waals surface area contributed by atoms with Crippen LogP contribution in [0.4, 0.5) is 0 Å². The maximum atomic E-state index is 11.8. The van der Waals surface area contributed by atoms with Gasteiger partial charge in [0.1, 0.15) is 39.6 Å². The maximum absolute atomic E-state index is 11.8. The quantitative estimate of drug-likeness (QED) is 0.0236. The molecule has 0 spiro atoms. The highest BCUT2D eigenvalue weighted by Crippen LogP contribution is 2.09. The maximum Gasteiger partial charge on any atom is 0.347 e. The van der Waals surface area contributed by atoms with Gasteiger partial charge >= 0.3 is 107 Å². The van der Waals surface area contributed by atoms with E-state index in [4.69, 9.17) is 35.0 Å². The van der Waals surface area contributed by atoms with Gasteiger partial charge in [-0.15, -0.1) is 0 Å². The van der Waals surface area contributed by atoms with Crippen molar-refractivity contribution in [1.29, 1.82) is 0 Å². The Balaban J connectivity index is -0.00000114. The van der Waals surface area contributed by atoms with Crippen LogP contribution in [0.25, 0.3) is 0 Å². The third-order valence-electron chi connectivity index (χ3n) is 8.46. The van der Waals surface area contributed by atoms with E-state index in [0.717, 1.165) is 13.8 Å². The number of hydrogen-bond donors (Lipinski definition) is 5. The Hall–Kier alpha value is -9.46. The van der Waals surface area contributed by atoms with Crippen LogP contribution in [0, 0.1) is 0 Å². The second-order valence-corrected chi connectivity index (χ2v) is 15.8. The Labute approximate surface area is 485 Å². The highest BCUT2D eigenvalue weighted by atomic mass is 16.7. The van der Waals surface area contributed by atoms with Crippen molar-refractivity contribution in [2.75, 3.05) is 72.7 Å². The molecule has 6 unspecified atom stereocenters. The third-order valence-corrected chi connectivity index (χ3v) is 8.46. The van der Waals surface area contributed by atoms with Crippen LogP contribution in [0.2, 0.25) is 0 Å². The first-order valence-corrected chi connectivity index (χ1v) is 24.7. The number of hydrogen-bond acceptors (Lipinski definition) is 36. The van der Waals surface area contributed by atoms with Crippen molar-refractivity contribution < 1.29 is 183 Å². The highest BCUT2D eigenvalue weighted by Gasteiger charge is 2.32. The van der Waals surface area contributed by atoms with Crippen LogP contribution in [-0.2, 0) is 157 Å². The van der Waals surface area contributed by atoms with E-state index in [9.17, 15) is 86.3 Å². The van der Waals surface area contributed by atoms with Crippen molar-refractivity contribution in [2.45, 2.75) is 124 Å². The molecule has 0 aromatic rings. The molecular weight excluding hydrogens is 1180 g/mol. The summed E-state index contributed by atoms with van der Waals surface area (Å²) in [4.78, 5) is 195. The summed E-state index contributed by atoms with van der Waals surface area (Å²) in [7, 11) is 0. The zero-order valence-electron chi connectivity index (χ0n) is 47.2. The summed E-state index contributed by atoms with van der Waals surface area (Å²) < 4.78 is 67.9. The Kier molecular flexibility index (Phi) is 44.1. The summed E-state index contributed by atoms with van der Waals surface area (Å²) in [5.74, 6) is -14.9. The molecule has 86 heavy (non-hydrogen) atoms. The van der Waals surface area contributed by atoms with E-state index in [-0.39, 0.29) is 45.9 Å². The summed E-state index contributed by atoms with van der Waals surface area (Å²) in [6, 6.07) is 0. The van der Waals surface area contributed by atoms with Gasteiger partial charge in [0.05, 0.1) is 38.5 Å². The molecule has 3 heterocycles. The lowest BCUT2D eigenvalue weighted by Crippen LogP contribution is -2.40. The molecule has 3 saturated heterocycles. The Morgan fingerprint density at radius 1 is 0.430 bits per heavy atom. The van der Waals surface area contributed by atoms with E-state index in [1.165, 1.54) is 27.7 Å². The standard InChI is InChI=1S/C20H26O16.C12H18O10.C6H8O4.C4H4O4.C4H4O3.C2H6O/c1-11(35-17(27)9-33-15(25)5-3-13(21)22)19(29)31-7-8-32-20(30)12(2)36-18(28)10-34-16(26)6-4-14(23)24;1-7(21-9(15)5-13)11(17)19-3-4-20-12(18)8(2)22-10(16)6-14;1-3-5(7)10-4(2)6(8)9-3;5-3-1-7-4(6)2-8-3;5-3-1-2-4(6)7-3;1-2-3/h11-12H,3-10H2,1-2H3,(H,21,22)(H,23,24);7-8,13-14H,3-6H2,1-2H3;3-4H,1-2H3;1-2H2;1-2H2;3H,2H2,1H3. The fourth-order valence-corrected chi connectivity index (χ4v) is 4.43. The monoisotopic (exact) mass is 1250 g/mol. The van der Waals surface area contributed by atoms with Crippen LogP contribution in [0.3, 0.4) is 0 Å². The average molecular weight is 1250 g/mol. The number of carboxylic acid groups (broad SMARTS) is 2. The molecule has 0 radical (unpaired) electrons. The van der Waals surface area contributed by atoms with Crippen molar-refractivity contribution in [2.24, 2.45) is 0 Å². The number of ether oxygens (including phenoxy) is 15. The minimum Gasteiger partial charge on any atom is -0.481 e. The molecule has 486 valence electrons. The average Bonchev–Trinajstić information content (AvgIpc) is 4.04. The third kappa shape index (κ3) is 44.2. The van der Waals surface area contributed by atoms with Gasteiger partial charge in [0, 0.05) is 6.61 Å². The number of rotatable bonds is 26. The molecule has 0 amide bonds. The lowest BCUT2D eigenvalue weighted by molar-refractivity contribution is -0.191. The molecule has 6 atom stereocenters. The summed E-state index contributed by atoms with van der Waals surface area (Å²) >= 11 is 0. The van der Waals surface area contributed by atoms with Gasteiger partial charge < -0.3 is 96.6 Å². The number of esters is 16. The number of carboxylic acids is 2. The number of cyclic esters (lactones) is 6. The minimum absolute atomic E-state index is 0.237.